The van der Waals surface area contributed by atoms with Gasteiger partial charge in [0, 0.05) is 25.9 Å². The zero-order valence-corrected chi connectivity index (χ0v) is 18.2. The largest absolute Gasteiger partial charge is 0.495 e. The van der Waals surface area contributed by atoms with Crippen molar-refractivity contribution in [2.24, 2.45) is 5.92 Å². The molecule has 2 N–H and O–H groups in total. The van der Waals surface area contributed by atoms with Crippen molar-refractivity contribution in [3.05, 3.63) is 35.7 Å². The summed E-state index contributed by atoms with van der Waals surface area (Å²) in [6.45, 7) is 2.27. The molecule has 0 radical (unpaired) electrons. The molecule has 0 spiro atoms. The van der Waals surface area contributed by atoms with Gasteiger partial charge in [0.05, 0.1) is 30.4 Å². The van der Waals surface area contributed by atoms with E-state index in [0.29, 0.717) is 17.9 Å². The molecule has 1 aliphatic heterocycles. The molecule has 1 saturated carbocycles. The van der Waals surface area contributed by atoms with Gasteiger partial charge in [-0.15, -0.1) is 0 Å². The summed E-state index contributed by atoms with van der Waals surface area (Å²) in [6, 6.07) is 4.61. The van der Waals surface area contributed by atoms with Crippen LogP contribution in [-0.4, -0.2) is 57.1 Å². The Kier molecular flexibility index (Phi) is 5.50. The summed E-state index contributed by atoms with van der Waals surface area (Å²) >= 11 is 0. The van der Waals surface area contributed by atoms with Gasteiger partial charge in [-0.1, -0.05) is 0 Å². The van der Waals surface area contributed by atoms with Crippen LogP contribution < -0.4 is 10.1 Å². The average Bonchev–Trinajstić information content (AvgIpc) is 3.22. The first kappa shape index (κ1) is 20.2. The summed E-state index contributed by atoms with van der Waals surface area (Å²) in [5.41, 5.74) is 4.38. The molecule has 8 nitrogen and oxygen atoms in total. The minimum absolute atomic E-state index is 0.279. The third kappa shape index (κ3) is 3.97. The number of aliphatic hydroxyl groups is 1. The zero-order chi connectivity index (χ0) is 21.4. The van der Waals surface area contributed by atoms with Gasteiger partial charge in [0.25, 0.3) is 0 Å². The van der Waals surface area contributed by atoms with Crippen LogP contribution in [-0.2, 0) is 13.0 Å². The van der Waals surface area contributed by atoms with Crippen molar-refractivity contribution in [2.75, 3.05) is 32.6 Å². The Morgan fingerprint density at radius 2 is 2.00 bits per heavy atom. The highest BCUT2D eigenvalue weighted by Crippen LogP contribution is 2.35. The van der Waals surface area contributed by atoms with Crippen LogP contribution in [0.4, 0.5) is 11.6 Å². The molecule has 0 bridgehead atoms. The van der Waals surface area contributed by atoms with Crippen LogP contribution in [0.2, 0.25) is 0 Å². The fourth-order valence-electron chi connectivity index (χ4n) is 4.85. The number of nitrogens with one attached hydrogen (secondary N) is 1. The highest BCUT2D eigenvalue weighted by molar-refractivity contribution is 5.76. The number of aromatic nitrogens is 4. The standard InChI is InChI=1S/C23H30N6O2/c1-28-8-7-16-10-21(31-2)20(9-17(16)13-28)26-23-24-11-18-12-25-29(22(18)27-23)19-5-3-15(14-30)4-6-19/h9-12,15,19,30H,3-8,13-14H2,1-2H3,(H,24,26,27). The van der Waals surface area contributed by atoms with Gasteiger partial charge in [-0.3, -0.25) is 0 Å². The Morgan fingerprint density at radius 3 is 2.77 bits per heavy atom. The topological polar surface area (TPSA) is 88.3 Å². The summed E-state index contributed by atoms with van der Waals surface area (Å²) in [5.74, 6) is 1.77. The van der Waals surface area contributed by atoms with Crippen LogP contribution in [0.15, 0.2) is 24.5 Å². The van der Waals surface area contributed by atoms with Gasteiger partial charge in [-0.25, -0.2) is 9.67 Å². The first-order chi connectivity index (χ1) is 15.1. The van der Waals surface area contributed by atoms with E-state index < -0.39 is 0 Å². The van der Waals surface area contributed by atoms with Crippen LogP contribution in [0.5, 0.6) is 5.75 Å². The third-order valence-corrected chi connectivity index (χ3v) is 6.73. The maximum absolute atomic E-state index is 9.42. The van der Waals surface area contributed by atoms with Crippen molar-refractivity contribution >= 4 is 22.7 Å². The molecular weight excluding hydrogens is 392 g/mol. The molecule has 0 saturated heterocycles. The molecular formula is C23H30N6O2. The number of aliphatic hydroxyl groups excluding tert-OH is 1. The van der Waals surface area contributed by atoms with E-state index in [1.807, 2.05) is 17.1 Å². The van der Waals surface area contributed by atoms with Crippen molar-refractivity contribution in [1.29, 1.82) is 0 Å². The molecule has 5 rings (SSSR count). The molecule has 3 heterocycles. The van der Waals surface area contributed by atoms with E-state index in [1.54, 1.807) is 7.11 Å². The second kappa shape index (κ2) is 8.43. The van der Waals surface area contributed by atoms with Crippen LogP contribution in [0.1, 0.15) is 42.9 Å². The summed E-state index contributed by atoms with van der Waals surface area (Å²) < 4.78 is 7.69. The number of anilines is 2. The molecule has 1 aromatic carbocycles. The van der Waals surface area contributed by atoms with Gasteiger partial charge in [-0.05, 0) is 68.3 Å². The Bertz CT molecular complexity index is 1070. The van der Waals surface area contributed by atoms with Gasteiger partial charge < -0.3 is 20.1 Å². The van der Waals surface area contributed by atoms with Crippen molar-refractivity contribution in [1.82, 2.24) is 24.6 Å². The summed E-state index contributed by atoms with van der Waals surface area (Å²) in [5, 5.41) is 18.4. The molecule has 1 aliphatic carbocycles. The lowest BCUT2D eigenvalue weighted by Crippen LogP contribution is -2.26. The number of methoxy groups -OCH3 is 1. The summed E-state index contributed by atoms with van der Waals surface area (Å²) in [6.07, 6.45) is 8.78. The SMILES string of the molecule is COc1cc2c(cc1Nc1ncc3cnn(C4CCC(CO)CC4)c3n1)CN(C)CC2. The Hall–Kier alpha value is -2.71. The van der Waals surface area contributed by atoms with Crippen LogP contribution in [0, 0.1) is 5.92 Å². The molecule has 31 heavy (non-hydrogen) atoms. The van der Waals surface area contributed by atoms with E-state index in [1.165, 1.54) is 11.1 Å². The fourth-order valence-corrected chi connectivity index (χ4v) is 4.85. The number of benzene rings is 1. The Labute approximate surface area is 182 Å². The van der Waals surface area contributed by atoms with Gasteiger partial charge in [0.2, 0.25) is 5.95 Å². The first-order valence-corrected chi connectivity index (χ1v) is 11.1. The average molecular weight is 423 g/mol. The summed E-state index contributed by atoms with van der Waals surface area (Å²) in [7, 11) is 3.84. The maximum atomic E-state index is 9.42. The van der Waals surface area contributed by atoms with Crippen molar-refractivity contribution < 1.29 is 9.84 Å². The minimum atomic E-state index is 0.279. The maximum Gasteiger partial charge on any atom is 0.229 e. The van der Waals surface area contributed by atoms with Gasteiger partial charge >= 0.3 is 0 Å². The van der Waals surface area contributed by atoms with Gasteiger partial charge in [0.1, 0.15) is 5.75 Å². The van der Waals surface area contributed by atoms with E-state index in [9.17, 15) is 5.11 Å². The summed E-state index contributed by atoms with van der Waals surface area (Å²) in [4.78, 5) is 11.6. The number of ether oxygens (including phenoxy) is 1. The minimum Gasteiger partial charge on any atom is -0.495 e. The predicted molar refractivity (Wildman–Crippen MR) is 120 cm³/mol. The van der Waals surface area contributed by atoms with E-state index in [2.05, 4.69) is 39.5 Å². The smallest absolute Gasteiger partial charge is 0.229 e. The lowest BCUT2D eigenvalue weighted by molar-refractivity contribution is 0.166. The normalized spacial score (nSPS) is 21.8. The highest BCUT2D eigenvalue weighted by Gasteiger charge is 2.24. The quantitative estimate of drug-likeness (QED) is 0.652. The van der Waals surface area contributed by atoms with E-state index >= 15 is 0 Å². The lowest BCUT2D eigenvalue weighted by atomic mass is 9.87. The second-order valence-electron chi connectivity index (χ2n) is 8.85. The Balaban J connectivity index is 1.43. The van der Waals surface area contributed by atoms with Crippen LogP contribution in [0.3, 0.4) is 0 Å². The number of nitrogens with zero attached hydrogens (tertiary/aromatic N) is 5. The fraction of sp³-hybridized carbons (Fsp3) is 0.522. The van der Waals surface area contributed by atoms with Crippen LogP contribution in [0.25, 0.3) is 11.0 Å². The first-order valence-electron chi connectivity index (χ1n) is 11.1. The number of likely N-dealkylation sites (N-methyl/N-ethyl adjacent to an activating group) is 1. The van der Waals surface area contributed by atoms with E-state index in [-0.39, 0.29) is 6.61 Å². The molecule has 3 aromatic rings. The van der Waals surface area contributed by atoms with E-state index in [0.717, 1.165) is 67.7 Å². The predicted octanol–water partition coefficient (Wildman–Crippen LogP) is 3.29. The second-order valence-corrected chi connectivity index (χ2v) is 8.85. The van der Waals surface area contributed by atoms with E-state index in [4.69, 9.17) is 9.72 Å². The number of fused-ring (bicyclic) bond motifs is 2. The molecule has 0 unspecified atom stereocenters. The molecule has 0 amide bonds. The highest BCUT2D eigenvalue weighted by atomic mass is 16.5. The zero-order valence-electron chi connectivity index (χ0n) is 18.2. The van der Waals surface area contributed by atoms with Gasteiger partial charge in [0.15, 0.2) is 5.65 Å². The molecule has 1 fully saturated rings. The van der Waals surface area contributed by atoms with Crippen molar-refractivity contribution in [2.45, 2.75) is 44.7 Å². The number of hydrogen-bond acceptors (Lipinski definition) is 7. The number of hydrogen-bond donors (Lipinski definition) is 2. The molecule has 2 aliphatic rings. The van der Waals surface area contributed by atoms with Crippen molar-refractivity contribution in [3.63, 3.8) is 0 Å². The van der Waals surface area contributed by atoms with Gasteiger partial charge in [-0.2, -0.15) is 10.1 Å². The Morgan fingerprint density at radius 1 is 1.16 bits per heavy atom. The van der Waals surface area contributed by atoms with Crippen molar-refractivity contribution in [3.8, 4) is 5.75 Å². The molecule has 164 valence electrons. The number of rotatable bonds is 5. The molecule has 2 aromatic heterocycles. The monoisotopic (exact) mass is 422 g/mol. The third-order valence-electron chi connectivity index (χ3n) is 6.73. The molecule has 0 atom stereocenters. The van der Waals surface area contributed by atoms with Crippen LogP contribution >= 0.6 is 0 Å². The lowest BCUT2D eigenvalue weighted by Gasteiger charge is -2.27. The molecule has 8 heteroatoms.